The third kappa shape index (κ3) is 5.16. The van der Waals surface area contributed by atoms with Crippen molar-refractivity contribution in [2.24, 2.45) is 23.0 Å². The number of carbonyl (C=O) groups excluding carboxylic acids is 1. The summed E-state index contributed by atoms with van der Waals surface area (Å²) in [6.07, 6.45) is 6.26. The molecule has 1 amide bonds. The standard InChI is InChI=1S/C16H28N2O3/c1-10-7-8-16(3,4)12(10)6-5-11(2)18-15(21)13(17)9-14(19)20/h5-6,10-13H,7-9,17H2,1-4H3,(H,18,21)(H,19,20)/t10?,11?,12?,13-/m0/s1. The van der Waals surface area contributed by atoms with Crippen molar-refractivity contribution in [1.29, 1.82) is 0 Å². The predicted molar refractivity (Wildman–Crippen MR) is 82.6 cm³/mol. The van der Waals surface area contributed by atoms with Crippen molar-refractivity contribution in [3.05, 3.63) is 12.2 Å². The maximum atomic E-state index is 11.7. The summed E-state index contributed by atoms with van der Waals surface area (Å²) in [6, 6.07) is -1.15. The molecule has 0 aromatic heterocycles. The number of nitrogens with one attached hydrogen (secondary N) is 1. The van der Waals surface area contributed by atoms with Gasteiger partial charge in [0, 0.05) is 6.04 Å². The van der Waals surface area contributed by atoms with Crippen molar-refractivity contribution in [1.82, 2.24) is 5.32 Å². The fraction of sp³-hybridized carbons (Fsp3) is 0.750. The lowest BCUT2D eigenvalue weighted by molar-refractivity contribution is -0.139. The Hall–Kier alpha value is -1.36. The highest BCUT2D eigenvalue weighted by atomic mass is 16.4. The minimum absolute atomic E-state index is 0.152. The molecule has 1 rings (SSSR count). The van der Waals surface area contributed by atoms with E-state index in [-0.39, 0.29) is 12.5 Å². The molecular weight excluding hydrogens is 268 g/mol. The van der Waals surface area contributed by atoms with Gasteiger partial charge in [-0.05, 0) is 37.0 Å². The van der Waals surface area contributed by atoms with Crippen molar-refractivity contribution < 1.29 is 14.7 Å². The van der Waals surface area contributed by atoms with Crippen LogP contribution in [0.3, 0.4) is 0 Å². The maximum Gasteiger partial charge on any atom is 0.305 e. The Balaban J connectivity index is 2.53. The highest BCUT2D eigenvalue weighted by Gasteiger charge is 2.37. The number of nitrogens with two attached hydrogens (primary N) is 1. The van der Waals surface area contributed by atoms with Gasteiger partial charge in [0.1, 0.15) is 0 Å². The van der Waals surface area contributed by atoms with E-state index in [2.05, 4.69) is 32.2 Å². The van der Waals surface area contributed by atoms with Crippen molar-refractivity contribution in [3.63, 3.8) is 0 Å². The van der Waals surface area contributed by atoms with E-state index in [4.69, 9.17) is 10.8 Å². The van der Waals surface area contributed by atoms with Gasteiger partial charge in [-0.3, -0.25) is 9.59 Å². The second-order valence-corrected chi connectivity index (χ2v) is 6.92. The van der Waals surface area contributed by atoms with E-state index in [0.717, 1.165) is 0 Å². The van der Waals surface area contributed by atoms with Crippen LogP contribution in [0.15, 0.2) is 12.2 Å². The highest BCUT2D eigenvalue weighted by molar-refractivity contribution is 5.86. The number of carbonyl (C=O) groups is 2. The fourth-order valence-electron chi connectivity index (χ4n) is 3.11. The molecule has 0 radical (unpaired) electrons. The first kappa shape index (κ1) is 17.7. The summed E-state index contributed by atoms with van der Waals surface area (Å²) in [5, 5.41) is 11.4. The number of allylic oxidation sites excluding steroid dienone is 1. The molecule has 0 heterocycles. The molecule has 0 aliphatic heterocycles. The Morgan fingerprint density at radius 3 is 2.57 bits per heavy atom. The molecule has 0 spiro atoms. The summed E-state index contributed by atoms with van der Waals surface area (Å²) in [4.78, 5) is 22.3. The average molecular weight is 296 g/mol. The van der Waals surface area contributed by atoms with Gasteiger partial charge in [0.25, 0.3) is 0 Å². The van der Waals surface area contributed by atoms with Crippen molar-refractivity contribution in [2.75, 3.05) is 0 Å². The Morgan fingerprint density at radius 2 is 2.10 bits per heavy atom. The number of amides is 1. The first-order chi connectivity index (χ1) is 9.63. The Bertz CT molecular complexity index is 418. The zero-order valence-corrected chi connectivity index (χ0v) is 13.4. The minimum atomic E-state index is -1.07. The molecule has 120 valence electrons. The van der Waals surface area contributed by atoms with E-state index in [1.165, 1.54) is 12.8 Å². The van der Waals surface area contributed by atoms with E-state index in [9.17, 15) is 9.59 Å². The summed E-state index contributed by atoms with van der Waals surface area (Å²) in [6.45, 7) is 8.68. The summed E-state index contributed by atoms with van der Waals surface area (Å²) < 4.78 is 0. The van der Waals surface area contributed by atoms with Gasteiger partial charge >= 0.3 is 5.97 Å². The molecule has 21 heavy (non-hydrogen) atoms. The van der Waals surface area contributed by atoms with E-state index in [1.807, 2.05) is 13.0 Å². The molecule has 4 N–H and O–H groups in total. The molecule has 0 bridgehead atoms. The summed E-state index contributed by atoms with van der Waals surface area (Å²) >= 11 is 0. The summed E-state index contributed by atoms with van der Waals surface area (Å²) in [5.41, 5.74) is 5.82. The number of hydrogen-bond donors (Lipinski definition) is 3. The van der Waals surface area contributed by atoms with Gasteiger partial charge in [-0.25, -0.2) is 0 Å². The van der Waals surface area contributed by atoms with Crippen LogP contribution in [0.25, 0.3) is 0 Å². The molecule has 5 nitrogen and oxygen atoms in total. The highest BCUT2D eigenvalue weighted by Crippen LogP contribution is 2.46. The van der Waals surface area contributed by atoms with Gasteiger partial charge in [-0.15, -0.1) is 0 Å². The molecule has 0 aromatic carbocycles. The van der Waals surface area contributed by atoms with Gasteiger partial charge in [-0.1, -0.05) is 32.9 Å². The van der Waals surface area contributed by atoms with Gasteiger partial charge in [-0.2, -0.15) is 0 Å². The molecule has 4 atom stereocenters. The third-order valence-electron chi connectivity index (χ3n) is 4.47. The van der Waals surface area contributed by atoms with Crippen LogP contribution in [0.5, 0.6) is 0 Å². The van der Waals surface area contributed by atoms with Gasteiger partial charge in [0.2, 0.25) is 5.91 Å². The van der Waals surface area contributed by atoms with Crippen LogP contribution in [0.4, 0.5) is 0 Å². The van der Waals surface area contributed by atoms with Crippen LogP contribution in [0.2, 0.25) is 0 Å². The first-order valence-electron chi connectivity index (χ1n) is 7.59. The van der Waals surface area contributed by atoms with Gasteiger partial charge < -0.3 is 16.2 Å². The number of rotatable bonds is 6. The van der Waals surface area contributed by atoms with Crippen molar-refractivity contribution in [3.8, 4) is 0 Å². The van der Waals surface area contributed by atoms with Crippen LogP contribution in [-0.4, -0.2) is 29.1 Å². The Labute approximate surface area is 127 Å². The smallest absolute Gasteiger partial charge is 0.305 e. The van der Waals surface area contributed by atoms with Crippen LogP contribution in [-0.2, 0) is 9.59 Å². The number of aliphatic carboxylic acids is 1. The largest absolute Gasteiger partial charge is 0.481 e. The molecule has 5 heteroatoms. The second-order valence-electron chi connectivity index (χ2n) is 6.92. The van der Waals surface area contributed by atoms with E-state index in [0.29, 0.717) is 17.3 Å². The third-order valence-corrected chi connectivity index (χ3v) is 4.47. The summed E-state index contributed by atoms with van der Waals surface area (Å²) in [7, 11) is 0. The number of carboxylic acids is 1. The normalized spacial score (nSPS) is 27.5. The quantitative estimate of drug-likeness (QED) is 0.653. The first-order valence-corrected chi connectivity index (χ1v) is 7.59. The fourth-order valence-corrected chi connectivity index (χ4v) is 3.11. The molecular formula is C16H28N2O3. The molecule has 1 fully saturated rings. The molecule has 3 unspecified atom stereocenters. The van der Waals surface area contributed by atoms with Gasteiger partial charge in [0.15, 0.2) is 0 Å². The zero-order valence-electron chi connectivity index (χ0n) is 13.4. The van der Waals surface area contributed by atoms with Crippen molar-refractivity contribution >= 4 is 11.9 Å². The lowest BCUT2D eigenvalue weighted by Crippen LogP contribution is -2.44. The molecule has 1 aliphatic rings. The Morgan fingerprint density at radius 1 is 1.48 bits per heavy atom. The maximum absolute atomic E-state index is 11.7. The summed E-state index contributed by atoms with van der Waals surface area (Å²) in [5.74, 6) is -0.339. The molecule has 1 saturated carbocycles. The lowest BCUT2D eigenvalue weighted by atomic mass is 9.79. The predicted octanol–water partition coefficient (Wildman–Crippen LogP) is 1.92. The zero-order chi connectivity index (χ0) is 16.2. The number of carboxylic acid groups (broad SMARTS) is 1. The van der Waals surface area contributed by atoms with Crippen LogP contribution in [0, 0.1) is 17.3 Å². The van der Waals surface area contributed by atoms with Crippen LogP contribution < -0.4 is 11.1 Å². The topological polar surface area (TPSA) is 92.4 Å². The molecule has 1 aliphatic carbocycles. The lowest BCUT2D eigenvalue weighted by Gasteiger charge is -2.27. The molecule has 0 aromatic rings. The van der Waals surface area contributed by atoms with Crippen LogP contribution >= 0.6 is 0 Å². The van der Waals surface area contributed by atoms with Gasteiger partial charge in [0.05, 0.1) is 12.5 Å². The number of hydrogen-bond acceptors (Lipinski definition) is 3. The SMILES string of the molecule is CC(C=CC1C(C)CCC1(C)C)NC(=O)[C@@H](N)CC(=O)O. The molecule has 0 saturated heterocycles. The van der Waals surface area contributed by atoms with E-state index < -0.39 is 17.9 Å². The van der Waals surface area contributed by atoms with E-state index >= 15 is 0 Å². The van der Waals surface area contributed by atoms with Crippen LogP contribution in [0.1, 0.15) is 47.0 Å². The average Bonchev–Trinajstić information content (AvgIpc) is 2.60. The van der Waals surface area contributed by atoms with E-state index in [1.54, 1.807) is 0 Å². The minimum Gasteiger partial charge on any atom is -0.481 e. The second kappa shape index (κ2) is 7.07. The van der Waals surface area contributed by atoms with Crippen molar-refractivity contribution in [2.45, 2.75) is 59.0 Å². The Kier molecular flexibility index (Phi) is 5.96. The monoisotopic (exact) mass is 296 g/mol.